The zero-order chi connectivity index (χ0) is 18.1. The number of carbonyl (C=O) groups is 1. The second kappa shape index (κ2) is 7.08. The molecule has 1 aliphatic rings. The lowest BCUT2D eigenvalue weighted by atomic mass is 9.96. The van der Waals surface area contributed by atoms with Gasteiger partial charge >= 0.3 is 6.09 Å². The van der Waals surface area contributed by atoms with Crippen molar-refractivity contribution >= 4 is 24.5 Å². The number of nitrogens with zero attached hydrogens (tertiary/aromatic N) is 1. The standard InChI is InChI=1S/C14H29NO6SSi/c1-14(2,3)23(5,6)21-12-7-8-15(13(16)17)9-11(12)10-20-22(4,18)19/h11-12H,7-10H2,1-6H3,(H,16,17). The Morgan fingerprint density at radius 1 is 1.35 bits per heavy atom. The Kier molecular flexibility index (Phi) is 6.28. The van der Waals surface area contributed by atoms with Gasteiger partial charge in [0.05, 0.1) is 19.0 Å². The molecule has 1 N–H and O–H groups in total. The lowest BCUT2D eigenvalue weighted by Gasteiger charge is -2.44. The van der Waals surface area contributed by atoms with Crippen LogP contribution in [-0.2, 0) is 18.7 Å². The Morgan fingerprint density at radius 3 is 2.35 bits per heavy atom. The molecule has 2 atom stereocenters. The molecule has 0 aromatic heterocycles. The van der Waals surface area contributed by atoms with Crippen molar-refractivity contribution in [3.63, 3.8) is 0 Å². The van der Waals surface area contributed by atoms with Gasteiger partial charge in [-0.2, -0.15) is 8.42 Å². The van der Waals surface area contributed by atoms with Gasteiger partial charge < -0.3 is 14.4 Å². The number of rotatable bonds is 5. The van der Waals surface area contributed by atoms with Crippen LogP contribution in [0.15, 0.2) is 0 Å². The van der Waals surface area contributed by atoms with Crippen LogP contribution in [0.3, 0.4) is 0 Å². The first kappa shape index (κ1) is 20.4. The van der Waals surface area contributed by atoms with E-state index in [4.69, 9.17) is 13.7 Å². The van der Waals surface area contributed by atoms with E-state index in [1.54, 1.807) is 0 Å². The number of carboxylic acid groups (broad SMARTS) is 1. The fourth-order valence-electron chi connectivity index (χ4n) is 2.27. The van der Waals surface area contributed by atoms with E-state index in [1.165, 1.54) is 4.90 Å². The maximum Gasteiger partial charge on any atom is 0.407 e. The highest BCUT2D eigenvalue weighted by atomic mass is 32.2. The van der Waals surface area contributed by atoms with Crippen molar-refractivity contribution in [3.8, 4) is 0 Å². The smallest absolute Gasteiger partial charge is 0.407 e. The molecule has 2 unspecified atom stereocenters. The largest absolute Gasteiger partial charge is 0.465 e. The number of piperidine rings is 1. The minimum absolute atomic E-state index is 0.0270. The van der Waals surface area contributed by atoms with E-state index in [-0.39, 0.29) is 30.2 Å². The molecule has 1 fully saturated rings. The van der Waals surface area contributed by atoms with Crippen LogP contribution in [0.5, 0.6) is 0 Å². The number of hydrogen-bond acceptors (Lipinski definition) is 5. The van der Waals surface area contributed by atoms with Crippen LogP contribution in [0.25, 0.3) is 0 Å². The van der Waals surface area contributed by atoms with Crippen LogP contribution in [0, 0.1) is 5.92 Å². The van der Waals surface area contributed by atoms with Crippen LogP contribution in [0.1, 0.15) is 27.2 Å². The molecule has 0 aliphatic carbocycles. The number of likely N-dealkylation sites (tertiary alicyclic amines) is 1. The van der Waals surface area contributed by atoms with E-state index in [9.17, 15) is 13.2 Å². The van der Waals surface area contributed by atoms with E-state index < -0.39 is 24.5 Å². The van der Waals surface area contributed by atoms with Gasteiger partial charge in [0.1, 0.15) is 0 Å². The van der Waals surface area contributed by atoms with E-state index in [0.29, 0.717) is 13.0 Å². The molecule has 0 bridgehead atoms. The fourth-order valence-corrected chi connectivity index (χ4v) is 4.11. The van der Waals surface area contributed by atoms with E-state index >= 15 is 0 Å². The summed E-state index contributed by atoms with van der Waals surface area (Å²) in [6, 6.07) is 0. The quantitative estimate of drug-likeness (QED) is 0.592. The highest BCUT2D eigenvalue weighted by Crippen LogP contribution is 2.39. The van der Waals surface area contributed by atoms with Gasteiger partial charge in [-0.05, 0) is 24.6 Å². The first-order valence-electron chi connectivity index (χ1n) is 7.73. The van der Waals surface area contributed by atoms with Gasteiger partial charge in [-0.3, -0.25) is 4.18 Å². The molecule has 136 valence electrons. The third-order valence-electron chi connectivity index (χ3n) is 4.68. The number of hydrogen-bond donors (Lipinski definition) is 1. The summed E-state index contributed by atoms with van der Waals surface area (Å²) in [5, 5.41) is 9.19. The lowest BCUT2D eigenvalue weighted by molar-refractivity contribution is 0.0180. The van der Waals surface area contributed by atoms with Crippen LogP contribution in [0.4, 0.5) is 4.79 Å². The number of amides is 1. The van der Waals surface area contributed by atoms with Crippen LogP contribution in [0.2, 0.25) is 18.1 Å². The van der Waals surface area contributed by atoms with E-state index in [2.05, 4.69) is 33.9 Å². The predicted molar refractivity (Wildman–Crippen MR) is 90.6 cm³/mol. The molecule has 0 radical (unpaired) electrons. The molecule has 1 rings (SSSR count). The van der Waals surface area contributed by atoms with Crippen molar-refractivity contribution < 1.29 is 26.9 Å². The fraction of sp³-hybridized carbons (Fsp3) is 0.929. The Hall–Kier alpha value is -0.643. The second-order valence-electron chi connectivity index (χ2n) is 7.68. The minimum atomic E-state index is -3.57. The van der Waals surface area contributed by atoms with Gasteiger partial charge in [-0.25, -0.2) is 4.79 Å². The summed E-state index contributed by atoms with van der Waals surface area (Å²) in [6.45, 7) is 11.2. The molecule has 7 nitrogen and oxygen atoms in total. The van der Waals surface area contributed by atoms with Crippen molar-refractivity contribution in [1.82, 2.24) is 4.90 Å². The summed E-state index contributed by atoms with van der Waals surface area (Å²) < 4.78 is 33.8. The van der Waals surface area contributed by atoms with Crippen molar-refractivity contribution in [2.24, 2.45) is 5.92 Å². The maximum atomic E-state index is 11.3. The van der Waals surface area contributed by atoms with E-state index in [0.717, 1.165) is 6.26 Å². The average Bonchev–Trinajstić information content (AvgIpc) is 2.34. The zero-order valence-electron chi connectivity index (χ0n) is 14.8. The summed E-state index contributed by atoms with van der Waals surface area (Å²) in [5.74, 6) is -0.288. The monoisotopic (exact) mass is 367 g/mol. The SMILES string of the molecule is CC(C)(C)[Si](C)(C)OC1CCN(C(=O)O)CC1COS(C)(=O)=O. The van der Waals surface area contributed by atoms with E-state index in [1.807, 2.05) is 0 Å². The Balaban J connectivity index is 2.87. The molecular formula is C14H29NO6SSi. The molecule has 0 saturated carbocycles. The van der Waals surface area contributed by atoms with Crippen molar-refractivity contribution in [2.45, 2.75) is 51.4 Å². The summed E-state index contributed by atoms with van der Waals surface area (Å²) in [5.41, 5.74) is 0. The average molecular weight is 368 g/mol. The highest BCUT2D eigenvalue weighted by molar-refractivity contribution is 7.85. The molecule has 1 heterocycles. The van der Waals surface area contributed by atoms with Crippen LogP contribution >= 0.6 is 0 Å². The van der Waals surface area contributed by atoms with Gasteiger partial charge in [-0.15, -0.1) is 0 Å². The molecule has 1 aliphatic heterocycles. The van der Waals surface area contributed by atoms with Gasteiger partial charge in [0.2, 0.25) is 0 Å². The van der Waals surface area contributed by atoms with Crippen molar-refractivity contribution in [1.29, 1.82) is 0 Å². The summed E-state index contributed by atoms with van der Waals surface area (Å²) >= 11 is 0. The molecule has 0 spiro atoms. The zero-order valence-corrected chi connectivity index (χ0v) is 16.6. The summed E-state index contributed by atoms with van der Waals surface area (Å²) in [6.07, 6.45) is 0.360. The van der Waals surface area contributed by atoms with Gasteiger partial charge in [0.25, 0.3) is 10.1 Å². The van der Waals surface area contributed by atoms with Crippen LogP contribution in [-0.4, -0.2) is 64.9 Å². The highest BCUT2D eigenvalue weighted by Gasteiger charge is 2.42. The Labute approximate surface area is 140 Å². The molecule has 0 aromatic carbocycles. The normalized spacial score (nSPS) is 23.8. The first-order chi connectivity index (χ1) is 10.2. The van der Waals surface area contributed by atoms with Gasteiger partial charge in [0.15, 0.2) is 8.32 Å². The lowest BCUT2D eigenvalue weighted by Crippen LogP contribution is -2.53. The van der Waals surface area contributed by atoms with Crippen LogP contribution < -0.4 is 0 Å². The second-order valence-corrected chi connectivity index (χ2v) is 14.1. The van der Waals surface area contributed by atoms with Gasteiger partial charge in [0, 0.05) is 19.0 Å². The molecule has 1 amide bonds. The van der Waals surface area contributed by atoms with Crippen molar-refractivity contribution in [3.05, 3.63) is 0 Å². The molecule has 1 saturated heterocycles. The third-order valence-corrected chi connectivity index (χ3v) is 9.75. The Bertz CT molecular complexity index is 528. The van der Waals surface area contributed by atoms with Gasteiger partial charge in [-0.1, -0.05) is 20.8 Å². The third kappa shape index (κ3) is 6.05. The summed E-state index contributed by atoms with van der Waals surface area (Å²) in [4.78, 5) is 12.5. The molecule has 0 aromatic rings. The topological polar surface area (TPSA) is 93.1 Å². The first-order valence-corrected chi connectivity index (χ1v) is 12.5. The molecular weight excluding hydrogens is 338 g/mol. The molecule has 9 heteroatoms. The predicted octanol–water partition coefficient (Wildman–Crippen LogP) is 2.35. The molecule has 23 heavy (non-hydrogen) atoms. The maximum absolute atomic E-state index is 11.3. The minimum Gasteiger partial charge on any atom is -0.465 e. The van der Waals surface area contributed by atoms with Crippen molar-refractivity contribution in [2.75, 3.05) is 26.0 Å². The Morgan fingerprint density at radius 2 is 1.91 bits per heavy atom. The summed E-state index contributed by atoms with van der Waals surface area (Å²) in [7, 11) is -5.60.